The summed E-state index contributed by atoms with van der Waals surface area (Å²) < 4.78 is 5.55. The van der Waals surface area contributed by atoms with Crippen molar-refractivity contribution in [2.45, 2.75) is 25.5 Å². The number of aliphatic imine (C=N–C) groups is 1. The average molecular weight is 310 g/mol. The molecule has 1 aliphatic heterocycles. The predicted octanol–water partition coefficient (Wildman–Crippen LogP) is 2.33. The van der Waals surface area contributed by atoms with Crippen molar-refractivity contribution in [3.63, 3.8) is 0 Å². The molecular formula is C18H22N4O. The fourth-order valence-electron chi connectivity index (χ4n) is 2.62. The summed E-state index contributed by atoms with van der Waals surface area (Å²) in [5.41, 5.74) is 9.07. The lowest BCUT2D eigenvalue weighted by Crippen LogP contribution is -2.37. The highest BCUT2D eigenvalue weighted by molar-refractivity contribution is 5.77. The van der Waals surface area contributed by atoms with Crippen LogP contribution in [0.1, 0.15) is 18.4 Å². The number of nitrogens with zero attached hydrogens (tertiary/aromatic N) is 2. The van der Waals surface area contributed by atoms with Crippen molar-refractivity contribution in [1.82, 2.24) is 10.3 Å². The molecule has 1 fully saturated rings. The molecule has 1 unspecified atom stereocenters. The molecule has 1 aliphatic rings. The highest BCUT2D eigenvalue weighted by atomic mass is 16.5. The van der Waals surface area contributed by atoms with Crippen LogP contribution in [-0.4, -0.2) is 30.2 Å². The fourth-order valence-corrected chi connectivity index (χ4v) is 2.62. The zero-order valence-corrected chi connectivity index (χ0v) is 13.1. The zero-order chi connectivity index (χ0) is 15.9. The third kappa shape index (κ3) is 4.53. The first-order chi connectivity index (χ1) is 11.3. The molecule has 5 nitrogen and oxygen atoms in total. The smallest absolute Gasteiger partial charge is 0.189 e. The van der Waals surface area contributed by atoms with Crippen LogP contribution in [0.25, 0.3) is 11.3 Å². The number of rotatable bonds is 5. The molecule has 23 heavy (non-hydrogen) atoms. The van der Waals surface area contributed by atoms with E-state index in [-0.39, 0.29) is 6.10 Å². The van der Waals surface area contributed by atoms with Gasteiger partial charge in [-0.2, -0.15) is 0 Å². The second kappa shape index (κ2) is 7.74. The SMILES string of the molecule is NC(=NCc1cccc(-c2ccccn2)c1)NCC1CCCO1. The molecule has 0 amide bonds. The van der Waals surface area contributed by atoms with E-state index in [0.29, 0.717) is 12.5 Å². The Kier molecular flexibility index (Phi) is 5.21. The Hall–Kier alpha value is -2.40. The first kappa shape index (κ1) is 15.5. The van der Waals surface area contributed by atoms with E-state index in [1.165, 1.54) is 0 Å². The maximum atomic E-state index is 5.92. The predicted molar refractivity (Wildman–Crippen MR) is 92.0 cm³/mol. The number of nitrogens with two attached hydrogens (primary N) is 1. The third-order valence-electron chi connectivity index (χ3n) is 3.85. The summed E-state index contributed by atoms with van der Waals surface area (Å²) in [6, 6.07) is 14.1. The number of guanidine groups is 1. The molecule has 0 bridgehead atoms. The molecule has 3 N–H and O–H groups in total. The second-order valence-electron chi connectivity index (χ2n) is 5.63. The van der Waals surface area contributed by atoms with Gasteiger partial charge in [0.2, 0.25) is 0 Å². The first-order valence-corrected chi connectivity index (χ1v) is 7.97. The highest BCUT2D eigenvalue weighted by Crippen LogP contribution is 2.18. The fraction of sp³-hybridized carbons (Fsp3) is 0.333. The van der Waals surface area contributed by atoms with E-state index in [1.54, 1.807) is 6.20 Å². The van der Waals surface area contributed by atoms with Gasteiger partial charge in [0.15, 0.2) is 5.96 Å². The maximum Gasteiger partial charge on any atom is 0.189 e. The Labute approximate surface area is 136 Å². The maximum absolute atomic E-state index is 5.92. The summed E-state index contributed by atoms with van der Waals surface area (Å²) in [5, 5.41) is 3.13. The lowest BCUT2D eigenvalue weighted by Gasteiger charge is -2.11. The summed E-state index contributed by atoms with van der Waals surface area (Å²) in [5.74, 6) is 0.462. The second-order valence-corrected chi connectivity index (χ2v) is 5.63. The van der Waals surface area contributed by atoms with E-state index in [9.17, 15) is 0 Å². The molecule has 1 atom stereocenters. The standard InChI is InChI=1S/C18H22N4O/c19-18(22-13-16-7-4-10-23-16)21-12-14-5-3-6-15(11-14)17-8-1-2-9-20-17/h1-3,5-6,8-9,11,16H,4,7,10,12-13H2,(H3,19,21,22). The molecule has 0 aliphatic carbocycles. The number of pyridine rings is 1. The van der Waals surface area contributed by atoms with Gasteiger partial charge in [-0.25, -0.2) is 4.99 Å². The summed E-state index contributed by atoms with van der Waals surface area (Å²) in [7, 11) is 0. The number of benzene rings is 1. The molecule has 1 aromatic carbocycles. The van der Waals surface area contributed by atoms with Crippen LogP contribution in [0.2, 0.25) is 0 Å². The number of hydrogen-bond donors (Lipinski definition) is 2. The Morgan fingerprint density at radius 3 is 3.04 bits per heavy atom. The van der Waals surface area contributed by atoms with Crippen molar-refractivity contribution in [2.75, 3.05) is 13.2 Å². The molecule has 0 radical (unpaired) electrons. The van der Waals surface area contributed by atoms with Crippen LogP contribution in [0.4, 0.5) is 0 Å². The summed E-state index contributed by atoms with van der Waals surface area (Å²) in [6.07, 6.45) is 4.28. The highest BCUT2D eigenvalue weighted by Gasteiger charge is 2.14. The lowest BCUT2D eigenvalue weighted by molar-refractivity contribution is 0.114. The Balaban J connectivity index is 1.58. The van der Waals surface area contributed by atoms with Gasteiger partial charge in [-0.1, -0.05) is 24.3 Å². The van der Waals surface area contributed by atoms with Crippen LogP contribution >= 0.6 is 0 Å². The van der Waals surface area contributed by atoms with E-state index < -0.39 is 0 Å². The Morgan fingerprint density at radius 2 is 2.26 bits per heavy atom. The monoisotopic (exact) mass is 310 g/mol. The number of nitrogens with one attached hydrogen (secondary N) is 1. The first-order valence-electron chi connectivity index (χ1n) is 7.97. The molecule has 5 heteroatoms. The van der Waals surface area contributed by atoms with Gasteiger partial charge < -0.3 is 15.8 Å². The van der Waals surface area contributed by atoms with Crippen LogP contribution in [0.5, 0.6) is 0 Å². The number of aromatic nitrogens is 1. The van der Waals surface area contributed by atoms with Crippen molar-refractivity contribution >= 4 is 5.96 Å². The molecular weight excluding hydrogens is 288 g/mol. The molecule has 0 saturated carbocycles. The van der Waals surface area contributed by atoms with Gasteiger partial charge in [-0.15, -0.1) is 0 Å². The van der Waals surface area contributed by atoms with Crippen molar-refractivity contribution in [3.8, 4) is 11.3 Å². The van der Waals surface area contributed by atoms with Gasteiger partial charge in [0, 0.05) is 24.9 Å². The molecule has 120 valence electrons. The van der Waals surface area contributed by atoms with Gasteiger partial charge in [0.1, 0.15) is 0 Å². The Bertz CT molecular complexity index is 651. The van der Waals surface area contributed by atoms with E-state index in [4.69, 9.17) is 10.5 Å². The van der Waals surface area contributed by atoms with Crippen LogP contribution in [-0.2, 0) is 11.3 Å². The van der Waals surface area contributed by atoms with Gasteiger partial charge >= 0.3 is 0 Å². The van der Waals surface area contributed by atoms with E-state index in [0.717, 1.165) is 42.8 Å². The normalized spacial score (nSPS) is 18.1. The minimum absolute atomic E-state index is 0.260. The third-order valence-corrected chi connectivity index (χ3v) is 3.85. The summed E-state index contributed by atoms with van der Waals surface area (Å²) in [4.78, 5) is 8.77. The zero-order valence-electron chi connectivity index (χ0n) is 13.1. The average Bonchev–Trinajstić information content (AvgIpc) is 3.13. The van der Waals surface area contributed by atoms with Gasteiger partial charge in [-0.3, -0.25) is 4.98 Å². The van der Waals surface area contributed by atoms with Crippen molar-refractivity contribution in [1.29, 1.82) is 0 Å². The molecule has 0 spiro atoms. The van der Waals surface area contributed by atoms with Gasteiger partial charge in [-0.05, 0) is 36.6 Å². The van der Waals surface area contributed by atoms with Crippen molar-refractivity contribution in [3.05, 3.63) is 54.2 Å². The quantitative estimate of drug-likeness (QED) is 0.657. The van der Waals surface area contributed by atoms with Crippen LogP contribution in [0, 0.1) is 0 Å². The molecule has 1 saturated heterocycles. The van der Waals surface area contributed by atoms with E-state index >= 15 is 0 Å². The minimum atomic E-state index is 0.260. The molecule has 2 heterocycles. The van der Waals surface area contributed by atoms with Crippen LogP contribution in [0.3, 0.4) is 0 Å². The van der Waals surface area contributed by atoms with Crippen molar-refractivity contribution < 1.29 is 4.74 Å². The molecule has 3 rings (SSSR count). The topological polar surface area (TPSA) is 72.5 Å². The minimum Gasteiger partial charge on any atom is -0.376 e. The number of ether oxygens (including phenoxy) is 1. The van der Waals surface area contributed by atoms with Crippen molar-refractivity contribution in [2.24, 2.45) is 10.7 Å². The van der Waals surface area contributed by atoms with Gasteiger partial charge in [0.25, 0.3) is 0 Å². The Morgan fingerprint density at radius 1 is 1.30 bits per heavy atom. The lowest BCUT2D eigenvalue weighted by atomic mass is 10.1. The summed E-state index contributed by atoms with van der Waals surface area (Å²) in [6.45, 7) is 2.12. The molecule has 1 aromatic heterocycles. The van der Waals surface area contributed by atoms with Gasteiger partial charge in [0.05, 0.1) is 18.3 Å². The summed E-state index contributed by atoms with van der Waals surface area (Å²) >= 11 is 0. The van der Waals surface area contributed by atoms with E-state index in [1.807, 2.05) is 30.3 Å². The number of hydrogen-bond acceptors (Lipinski definition) is 3. The van der Waals surface area contributed by atoms with Crippen LogP contribution in [0.15, 0.2) is 53.7 Å². The van der Waals surface area contributed by atoms with E-state index in [2.05, 4.69) is 27.4 Å². The van der Waals surface area contributed by atoms with Crippen LogP contribution < -0.4 is 11.1 Å². The molecule has 2 aromatic rings. The largest absolute Gasteiger partial charge is 0.376 e.